The fourth-order valence-electron chi connectivity index (χ4n) is 1.73. The van der Waals surface area contributed by atoms with E-state index >= 15 is 0 Å². The summed E-state index contributed by atoms with van der Waals surface area (Å²) in [4.78, 5) is 26.5. The number of hydrogen-bond acceptors (Lipinski definition) is 3. The Hall–Kier alpha value is -1.30. The molecule has 6 heteroatoms. The van der Waals surface area contributed by atoms with Gasteiger partial charge in [-0.3, -0.25) is 0 Å². The van der Waals surface area contributed by atoms with E-state index in [0.717, 1.165) is 6.42 Å². The van der Waals surface area contributed by atoms with Crippen molar-refractivity contribution in [2.75, 3.05) is 26.8 Å². The highest BCUT2D eigenvalue weighted by Crippen LogP contribution is 2.20. The maximum Gasteiger partial charge on any atom is 0.328 e. The smallest absolute Gasteiger partial charge is 0.328 e. The van der Waals surface area contributed by atoms with Gasteiger partial charge in [0.2, 0.25) is 0 Å². The highest BCUT2D eigenvalue weighted by molar-refractivity contribution is 5.83. The molecule has 0 aromatic rings. The van der Waals surface area contributed by atoms with E-state index in [4.69, 9.17) is 9.84 Å². The number of morpholine rings is 1. The number of ether oxygens (including phenoxy) is 1. The van der Waals surface area contributed by atoms with E-state index in [9.17, 15) is 9.59 Å². The Bertz CT molecular complexity index is 330. The van der Waals surface area contributed by atoms with Gasteiger partial charge in [0.05, 0.1) is 13.2 Å². The normalized spacial score (nSPS) is 20.7. The van der Waals surface area contributed by atoms with Crippen LogP contribution in [0.2, 0.25) is 0 Å². The van der Waals surface area contributed by atoms with E-state index < -0.39 is 12.0 Å². The molecule has 0 radical (unpaired) electrons. The molecule has 0 saturated carbocycles. The first-order valence-corrected chi connectivity index (χ1v) is 6.16. The molecule has 0 aromatic carbocycles. The van der Waals surface area contributed by atoms with Crippen LogP contribution in [-0.2, 0) is 9.53 Å². The second-order valence-electron chi connectivity index (χ2n) is 5.13. The molecule has 1 fully saturated rings. The average Bonchev–Trinajstić information content (AvgIpc) is 2.36. The molecular weight excluding hydrogens is 236 g/mol. The van der Waals surface area contributed by atoms with Gasteiger partial charge in [0.1, 0.15) is 0 Å². The Kier molecular flexibility index (Phi) is 4.56. The third kappa shape index (κ3) is 2.93. The largest absolute Gasteiger partial charge is 0.480 e. The number of carbonyl (C=O) groups excluding carboxylic acids is 1. The van der Waals surface area contributed by atoms with Gasteiger partial charge in [-0.15, -0.1) is 0 Å². The van der Waals surface area contributed by atoms with Crippen molar-refractivity contribution in [1.82, 2.24) is 9.80 Å². The lowest BCUT2D eigenvalue weighted by Gasteiger charge is -2.41. The summed E-state index contributed by atoms with van der Waals surface area (Å²) in [5.74, 6) is -1.02. The summed E-state index contributed by atoms with van der Waals surface area (Å²) in [7, 11) is 1.71. The molecule has 0 bridgehead atoms. The molecule has 2 amide bonds. The van der Waals surface area contributed by atoms with Crippen molar-refractivity contribution in [3.63, 3.8) is 0 Å². The standard InChI is InChI=1S/C12H22N2O4/c1-5-12(2,3)13(4)11(17)14-6-7-18-8-9(14)10(15)16/h9H,5-8H2,1-4H3,(H,15,16). The summed E-state index contributed by atoms with van der Waals surface area (Å²) in [5.41, 5.74) is -0.293. The van der Waals surface area contributed by atoms with Crippen LogP contribution in [0, 0.1) is 0 Å². The number of urea groups is 1. The monoisotopic (exact) mass is 258 g/mol. The van der Waals surface area contributed by atoms with Gasteiger partial charge >= 0.3 is 12.0 Å². The van der Waals surface area contributed by atoms with E-state index in [-0.39, 0.29) is 18.2 Å². The van der Waals surface area contributed by atoms with Crippen molar-refractivity contribution in [1.29, 1.82) is 0 Å². The molecule has 0 aromatic heterocycles. The summed E-state index contributed by atoms with van der Waals surface area (Å²) in [6.45, 7) is 6.68. The minimum atomic E-state index is -1.02. The van der Waals surface area contributed by atoms with E-state index in [2.05, 4.69) is 0 Å². The number of amides is 2. The van der Waals surface area contributed by atoms with Crippen LogP contribution in [0.15, 0.2) is 0 Å². The number of carbonyl (C=O) groups is 2. The fraction of sp³-hybridized carbons (Fsp3) is 0.833. The van der Waals surface area contributed by atoms with Crippen molar-refractivity contribution in [2.45, 2.75) is 38.8 Å². The predicted molar refractivity (Wildman–Crippen MR) is 66.5 cm³/mol. The van der Waals surface area contributed by atoms with Gasteiger partial charge in [0.15, 0.2) is 6.04 Å². The van der Waals surface area contributed by atoms with Crippen LogP contribution in [0.1, 0.15) is 27.2 Å². The first-order chi connectivity index (χ1) is 8.31. The quantitative estimate of drug-likeness (QED) is 0.820. The lowest BCUT2D eigenvalue weighted by atomic mass is 10.0. The minimum Gasteiger partial charge on any atom is -0.480 e. The Morgan fingerprint density at radius 3 is 2.61 bits per heavy atom. The number of nitrogens with zero attached hydrogens (tertiary/aromatic N) is 2. The van der Waals surface area contributed by atoms with Gasteiger partial charge in [-0.25, -0.2) is 9.59 Å². The molecule has 6 nitrogen and oxygen atoms in total. The molecule has 1 saturated heterocycles. The Morgan fingerprint density at radius 2 is 2.11 bits per heavy atom. The third-order valence-corrected chi connectivity index (χ3v) is 3.72. The van der Waals surface area contributed by atoms with E-state index in [0.29, 0.717) is 13.2 Å². The molecule has 0 aliphatic carbocycles. The highest BCUT2D eigenvalue weighted by Gasteiger charge is 2.37. The number of rotatable bonds is 3. The highest BCUT2D eigenvalue weighted by atomic mass is 16.5. The van der Waals surface area contributed by atoms with Crippen molar-refractivity contribution < 1.29 is 19.4 Å². The summed E-state index contributed by atoms with van der Waals surface area (Å²) in [6, 6.07) is -1.14. The molecule has 18 heavy (non-hydrogen) atoms. The number of aliphatic carboxylic acids is 1. The second kappa shape index (κ2) is 5.56. The molecule has 1 rings (SSSR count). The summed E-state index contributed by atoms with van der Waals surface area (Å²) in [5, 5.41) is 9.11. The lowest BCUT2D eigenvalue weighted by molar-refractivity contribution is -0.147. The molecule has 1 N–H and O–H groups in total. The van der Waals surface area contributed by atoms with Gasteiger partial charge in [0.25, 0.3) is 0 Å². The van der Waals surface area contributed by atoms with Crippen molar-refractivity contribution in [2.24, 2.45) is 0 Å². The van der Waals surface area contributed by atoms with Gasteiger partial charge in [-0.1, -0.05) is 6.92 Å². The zero-order valence-electron chi connectivity index (χ0n) is 11.5. The third-order valence-electron chi connectivity index (χ3n) is 3.72. The Morgan fingerprint density at radius 1 is 1.50 bits per heavy atom. The predicted octanol–water partition coefficient (Wildman–Crippen LogP) is 1.01. The first kappa shape index (κ1) is 14.8. The maximum absolute atomic E-state index is 12.4. The SMILES string of the molecule is CCC(C)(C)N(C)C(=O)N1CCOCC1C(=O)O. The summed E-state index contributed by atoms with van der Waals surface area (Å²) >= 11 is 0. The van der Waals surface area contributed by atoms with Gasteiger partial charge in [-0.05, 0) is 20.3 Å². The molecule has 1 aliphatic rings. The Balaban J connectivity index is 2.84. The van der Waals surface area contributed by atoms with Gasteiger partial charge < -0.3 is 19.6 Å². The van der Waals surface area contributed by atoms with Crippen LogP contribution in [0.25, 0.3) is 0 Å². The van der Waals surface area contributed by atoms with E-state index in [1.165, 1.54) is 4.90 Å². The minimum absolute atomic E-state index is 0.0570. The zero-order chi connectivity index (χ0) is 13.9. The zero-order valence-corrected chi connectivity index (χ0v) is 11.5. The number of hydrogen-bond donors (Lipinski definition) is 1. The second-order valence-corrected chi connectivity index (χ2v) is 5.13. The van der Waals surface area contributed by atoms with Crippen LogP contribution in [0.4, 0.5) is 4.79 Å². The molecule has 0 spiro atoms. The van der Waals surface area contributed by atoms with Crippen molar-refractivity contribution in [3.05, 3.63) is 0 Å². The van der Waals surface area contributed by atoms with Crippen LogP contribution < -0.4 is 0 Å². The van der Waals surface area contributed by atoms with Gasteiger partial charge in [-0.2, -0.15) is 0 Å². The number of carboxylic acid groups (broad SMARTS) is 1. The Labute approximate surface area is 107 Å². The molecule has 1 atom stereocenters. The van der Waals surface area contributed by atoms with Crippen molar-refractivity contribution >= 4 is 12.0 Å². The summed E-state index contributed by atoms with van der Waals surface area (Å²) in [6.07, 6.45) is 0.803. The lowest BCUT2D eigenvalue weighted by Crippen LogP contribution is -2.59. The average molecular weight is 258 g/mol. The number of carboxylic acids is 1. The fourth-order valence-corrected chi connectivity index (χ4v) is 1.73. The van der Waals surface area contributed by atoms with Gasteiger partial charge in [0, 0.05) is 19.1 Å². The molecule has 1 heterocycles. The van der Waals surface area contributed by atoms with E-state index in [1.54, 1.807) is 11.9 Å². The topological polar surface area (TPSA) is 70.1 Å². The maximum atomic E-state index is 12.4. The molecule has 104 valence electrons. The van der Waals surface area contributed by atoms with Crippen LogP contribution in [-0.4, -0.2) is 65.3 Å². The van der Waals surface area contributed by atoms with Crippen molar-refractivity contribution in [3.8, 4) is 0 Å². The van der Waals surface area contributed by atoms with Crippen LogP contribution in [0.3, 0.4) is 0 Å². The van der Waals surface area contributed by atoms with Crippen LogP contribution >= 0.6 is 0 Å². The van der Waals surface area contributed by atoms with E-state index in [1.807, 2.05) is 20.8 Å². The van der Waals surface area contributed by atoms with Crippen LogP contribution in [0.5, 0.6) is 0 Å². The molecular formula is C12H22N2O4. The molecule has 1 aliphatic heterocycles. The first-order valence-electron chi connectivity index (χ1n) is 6.16. The molecule has 1 unspecified atom stereocenters. The summed E-state index contributed by atoms with van der Waals surface area (Å²) < 4.78 is 5.12.